The van der Waals surface area contributed by atoms with E-state index in [1.165, 1.54) is 11.8 Å². The lowest BCUT2D eigenvalue weighted by Gasteiger charge is -2.07. The third-order valence-electron chi connectivity index (χ3n) is 1.91. The molecule has 0 aliphatic heterocycles. The van der Waals surface area contributed by atoms with Gasteiger partial charge in [0.25, 0.3) is 5.91 Å². The largest absolute Gasteiger partial charge is 0.465 e. The molecule has 1 aromatic rings. The van der Waals surface area contributed by atoms with Crippen molar-refractivity contribution in [1.29, 1.82) is 0 Å². The van der Waals surface area contributed by atoms with Crippen LogP contribution in [-0.2, 0) is 9.53 Å². The minimum absolute atomic E-state index is 0.130. The van der Waals surface area contributed by atoms with Crippen molar-refractivity contribution in [3.63, 3.8) is 0 Å². The molecule has 1 amide bonds. The lowest BCUT2D eigenvalue weighted by Crippen LogP contribution is -2.31. The van der Waals surface area contributed by atoms with E-state index >= 15 is 0 Å². The number of nitrogens with zero attached hydrogens (tertiary/aromatic N) is 1. The van der Waals surface area contributed by atoms with Gasteiger partial charge < -0.3 is 10.1 Å². The Labute approximate surface area is 104 Å². The highest BCUT2D eigenvalue weighted by atomic mass is 32.2. The zero-order valence-electron chi connectivity index (χ0n) is 9.73. The molecule has 0 saturated carbocycles. The molecule has 0 saturated heterocycles. The molecular formula is C11H14N2O3S. The molecule has 0 bridgehead atoms. The predicted molar refractivity (Wildman–Crippen MR) is 65.0 cm³/mol. The van der Waals surface area contributed by atoms with Crippen LogP contribution >= 0.6 is 11.8 Å². The van der Waals surface area contributed by atoms with Crippen LogP contribution in [0.1, 0.15) is 17.3 Å². The smallest absolute Gasteiger partial charge is 0.325 e. The number of hydrogen-bond acceptors (Lipinski definition) is 5. The van der Waals surface area contributed by atoms with Gasteiger partial charge in [-0.2, -0.15) is 0 Å². The minimum Gasteiger partial charge on any atom is -0.465 e. The number of carbonyl (C=O) groups excluding carboxylic acids is 2. The fourth-order valence-corrected chi connectivity index (χ4v) is 1.73. The summed E-state index contributed by atoms with van der Waals surface area (Å²) in [6.45, 7) is 1.89. The molecule has 0 aliphatic rings. The average molecular weight is 254 g/mol. The van der Waals surface area contributed by atoms with E-state index in [-0.39, 0.29) is 12.5 Å². The molecule has 0 unspecified atom stereocenters. The number of aromatic nitrogens is 1. The fourth-order valence-electron chi connectivity index (χ4n) is 1.19. The van der Waals surface area contributed by atoms with Crippen molar-refractivity contribution in [3.05, 3.63) is 23.9 Å². The molecule has 0 radical (unpaired) electrons. The van der Waals surface area contributed by atoms with Gasteiger partial charge in [0.15, 0.2) is 0 Å². The topological polar surface area (TPSA) is 68.3 Å². The Bertz CT molecular complexity index is 409. The highest BCUT2D eigenvalue weighted by Gasteiger charge is 2.12. The first-order valence-corrected chi connectivity index (χ1v) is 6.34. The van der Waals surface area contributed by atoms with E-state index in [0.29, 0.717) is 17.2 Å². The molecule has 0 aliphatic carbocycles. The second-order valence-electron chi connectivity index (χ2n) is 3.05. The van der Waals surface area contributed by atoms with Gasteiger partial charge in [-0.25, -0.2) is 4.98 Å². The van der Waals surface area contributed by atoms with Gasteiger partial charge in [0.2, 0.25) is 0 Å². The normalized spacial score (nSPS) is 9.76. The van der Waals surface area contributed by atoms with Crippen molar-refractivity contribution in [2.75, 3.05) is 19.4 Å². The van der Waals surface area contributed by atoms with E-state index in [2.05, 4.69) is 10.3 Å². The van der Waals surface area contributed by atoms with E-state index in [1.54, 1.807) is 25.3 Å². The first-order chi connectivity index (χ1) is 8.19. The number of rotatable bonds is 5. The van der Waals surface area contributed by atoms with E-state index in [1.807, 2.05) is 6.26 Å². The Balaban J connectivity index is 2.61. The maximum Gasteiger partial charge on any atom is 0.325 e. The molecule has 0 fully saturated rings. The Morgan fingerprint density at radius 2 is 2.29 bits per heavy atom. The third kappa shape index (κ3) is 4.07. The van der Waals surface area contributed by atoms with Crippen molar-refractivity contribution in [3.8, 4) is 0 Å². The molecule has 6 heteroatoms. The lowest BCUT2D eigenvalue weighted by molar-refractivity contribution is -0.141. The molecule has 1 heterocycles. The molecule has 0 aromatic carbocycles. The van der Waals surface area contributed by atoms with Gasteiger partial charge in [-0.15, -0.1) is 11.8 Å². The summed E-state index contributed by atoms with van der Waals surface area (Å²) >= 11 is 1.38. The number of pyridine rings is 1. The second kappa shape index (κ2) is 6.90. The monoisotopic (exact) mass is 254 g/mol. The number of carbonyl (C=O) groups is 2. The summed E-state index contributed by atoms with van der Waals surface area (Å²) in [5.74, 6) is -0.772. The number of nitrogens with one attached hydrogen (secondary N) is 1. The van der Waals surface area contributed by atoms with Crippen molar-refractivity contribution in [1.82, 2.24) is 10.3 Å². The maximum absolute atomic E-state index is 11.8. The van der Waals surface area contributed by atoms with E-state index in [0.717, 1.165) is 0 Å². The van der Waals surface area contributed by atoms with Crippen LogP contribution in [-0.4, -0.2) is 36.3 Å². The average Bonchev–Trinajstić information content (AvgIpc) is 2.36. The summed E-state index contributed by atoms with van der Waals surface area (Å²) in [5, 5.41) is 3.12. The summed E-state index contributed by atoms with van der Waals surface area (Å²) < 4.78 is 4.71. The van der Waals surface area contributed by atoms with Crippen LogP contribution in [0.5, 0.6) is 0 Å². The first kappa shape index (κ1) is 13.5. The summed E-state index contributed by atoms with van der Waals surface area (Å²) in [7, 11) is 0. The number of ether oxygens (including phenoxy) is 1. The van der Waals surface area contributed by atoms with Crippen molar-refractivity contribution < 1.29 is 14.3 Å². The minimum atomic E-state index is -0.449. The van der Waals surface area contributed by atoms with Crippen molar-refractivity contribution in [2.24, 2.45) is 0 Å². The molecular weight excluding hydrogens is 240 g/mol. The van der Waals surface area contributed by atoms with Crippen molar-refractivity contribution in [2.45, 2.75) is 11.9 Å². The summed E-state index contributed by atoms with van der Waals surface area (Å²) in [4.78, 5) is 26.9. The van der Waals surface area contributed by atoms with Crippen molar-refractivity contribution >= 4 is 23.6 Å². The third-order valence-corrected chi connectivity index (χ3v) is 2.62. The Morgan fingerprint density at radius 3 is 2.94 bits per heavy atom. The van der Waals surface area contributed by atoms with Crippen LogP contribution in [0.4, 0.5) is 0 Å². The second-order valence-corrected chi connectivity index (χ2v) is 3.84. The molecule has 92 valence electrons. The van der Waals surface area contributed by atoms with Gasteiger partial charge in [0.05, 0.1) is 12.2 Å². The molecule has 0 atom stereocenters. The van der Waals surface area contributed by atoms with Crippen LogP contribution in [0.25, 0.3) is 0 Å². The molecule has 17 heavy (non-hydrogen) atoms. The summed E-state index contributed by atoms with van der Waals surface area (Å²) in [5.41, 5.74) is 0.462. The molecule has 1 N–H and O–H groups in total. The maximum atomic E-state index is 11.8. The van der Waals surface area contributed by atoms with Gasteiger partial charge in [0.1, 0.15) is 11.6 Å². The number of hydrogen-bond donors (Lipinski definition) is 1. The van der Waals surface area contributed by atoms with Crippen LogP contribution in [0.2, 0.25) is 0 Å². The van der Waals surface area contributed by atoms with Crippen LogP contribution < -0.4 is 5.32 Å². The molecule has 1 rings (SSSR count). The Hall–Kier alpha value is -1.56. The zero-order valence-corrected chi connectivity index (χ0v) is 10.5. The van der Waals surface area contributed by atoms with Gasteiger partial charge in [-0.1, -0.05) is 0 Å². The van der Waals surface area contributed by atoms with Crippen LogP contribution in [0, 0.1) is 0 Å². The van der Waals surface area contributed by atoms with Crippen LogP contribution in [0.3, 0.4) is 0 Å². The number of amides is 1. The van der Waals surface area contributed by atoms with Gasteiger partial charge in [-0.3, -0.25) is 9.59 Å². The summed E-state index contributed by atoms with van der Waals surface area (Å²) in [6.07, 6.45) is 3.46. The summed E-state index contributed by atoms with van der Waals surface area (Å²) in [6, 6.07) is 3.35. The van der Waals surface area contributed by atoms with Gasteiger partial charge >= 0.3 is 5.97 Å². The molecule has 5 nitrogen and oxygen atoms in total. The fraction of sp³-hybridized carbons (Fsp3) is 0.364. The van der Waals surface area contributed by atoms with E-state index < -0.39 is 5.97 Å². The predicted octanol–water partition coefficient (Wildman–Crippen LogP) is 1.10. The number of thioether (sulfide) groups is 1. The van der Waals surface area contributed by atoms with Gasteiger partial charge in [-0.05, 0) is 25.3 Å². The van der Waals surface area contributed by atoms with Crippen LogP contribution in [0.15, 0.2) is 23.4 Å². The SMILES string of the molecule is CCOC(=O)CNC(=O)c1cccnc1SC. The Morgan fingerprint density at radius 1 is 1.53 bits per heavy atom. The molecule has 1 aromatic heterocycles. The Kier molecular flexibility index (Phi) is 5.48. The van der Waals surface area contributed by atoms with Gasteiger partial charge in [0, 0.05) is 6.20 Å². The standard InChI is InChI=1S/C11H14N2O3S/c1-3-16-9(14)7-13-10(15)8-5-4-6-12-11(8)17-2/h4-6H,3,7H2,1-2H3,(H,13,15). The lowest BCUT2D eigenvalue weighted by atomic mass is 10.2. The quantitative estimate of drug-likeness (QED) is 0.629. The van der Waals surface area contributed by atoms with E-state index in [4.69, 9.17) is 4.74 Å². The number of esters is 1. The molecule has 0 spiro atoms. The van der Waals surface area contributed by atoms with E-state index in [9.17, 15) is 9.59 Å². The highest BCUT2D eigenvalue weighted by Crippen LogP contribution is 2.16. The zero-order chi connectivity index (χ0) is 12.7. The highest BCUT2D eigenvalue weighted by molar-refractivity contribution is 7.98. The first-order valence-electron chi connectivity index (χ1n) is 5.11.